The quantitative estimate of drug-likeness (QED) is 0.514. The van der Waals surface area contributed by atoms with E-state index < -0.39 is 0 Å². The van der Waals surface area contributed by atoms with Crippen molar-refractivity contribution >= 4 is 21.9 Å². The number of nitrogens with one attached hydrogen (secondary N) is 1. The Hall–Kier alpha value is -4.00. The van der Waals surface area contributed by atoms with Crippen LogP contribution < -0.4 is 10.3 Å². The van der Waals surface area contributed by atoms with Gasteiger partial charge in [0.05, 0.1) is 36.6 Å². The van der Waals surface area contributed by atoms with Crippen LogP contribution in [0.15, 0.2) is 72.2 Å². The standard InChI is InChI=1S/C22H17N5O2/c1-29-16-4-2-3-14(9-16)11-27-13-26-19-6-5-15(10-18(19)22(27)28)20-17-7-8-23-21(17)25-12-24-20/h2-10,12-13H,11H2,1H3,(H,23,24,25). The molecule has 0 fully saturated rings. The Morgan fingerprint density at radius 2 is 1.97 bits per heavy atom. The van der Waals surface area contributed by atoms with Gasteiger partial charge < -0.3 is 9.72 Å². The number of H-pyrrole nitrogens is 1. The number of benzene rings is 2. The summed E-state index contributed by atoms with van der Waals surface area (Å²) in [6.07, 6.45) is 4.92. The van der Waals surface area contributed by atoms with Crippen molar-refractivity contribution in [3.05, 3.63) is 83.3 Å². The van der Waals surface area contributed by atoms with E-state index in [2.05, 4.69) is 19.9 Å². The van der Waals surface area contributed by atoms with Crippen molar-refractivity contribution < 1.29 is 4.74 Å². The van der Waals surface area contributed by atoms with Gasteiger partial charge in [-0.3, -0.25) is 9.36 Å². The predicted molar refractivity (Wildman–Crippen MR) is 111 cm³/mol. The topological polar surface area (TPSA) is 85.7 Å². The van der Waals surface area contributed by atoms with E-state index in [9.17, 15) is 4.79 Å². The highest BCUT2D eigenvalue weighted by atomic mass is 16.5. The molecule has 0 amide bonds. The summed E-state index contributed by atoms with van der Waals surface area (Å²) in [5.41, 5.74) is 3.91. The molecule has 29 heavy (non-hydrogen) atoms. The van der Waals surface area contributed by atoms with Crippen molar-refractivity contribution in [2.45, 2.75) is 6.54 Å². The van der Waals surface area contributed by atoms with Crippen LogP contribution >= 0.6 is 0 Å². The van der Waals surface area contributed by atoms with Gasteiger partial charge in [-0.25, -0.2) is 15.0 Å². The van der Waals surface area contributed by atoms with E-state index >= 15 is 0 Å². The molecule has 0 atom stereocenters. The summed E-state index contributed by atoms with van der Waals surface area (Å²) >= 11 is 0. The first-order valence-electron chi connectivity index (χ1n) is 9.13. The van der Waals surface area contributed by atoms with Crippen molar-refractivity contribution in [1.29, 1.82) is 0 Å². The van der Waals surface area contributed by atoms with E-state index in [1.807, 2.05) is 54.7 Å². The highest BCUT2D eigenvalue weighted by Gasteiger charge is 2.11. The third kappa shape index (κ3) is 3.02. The van der Waals surface area contributed by atoms with Gasteiger partial charge in [0.1, 0.15) is 17.7 Å². The van der Waals surface area contributed by atoms with Crippen LogP contribution in [-0.2, 0) is 6.54 Å². The molecule has 0 bridgehead atoms. The fourth-order valence-electron chi connectivity index (χ4n) is 3.49. The minimum atomic E-state index is -0.0981. The van der Waals surface area contributed by atoms with Crippen LogP contribution in [-0.4, -0.2) is 31.6 Å². The Balaban J connectivity index is 1.61. The predicted octanol–water partition coefficient (Wildman–Crippen LogP) is 3.39. The number of ether oxygens (including phenoxy) is 1. The molecule has 7 heteroatoms. The molecule has 142 valence electrons. The summed E-state index contributed by atoms with van der Waals surface area (Å²) in [7, 11) is 1.62. The fraction of sp³-hybridized carbons (Fsp3) is 0.0909. The van der Waals surface area contributed by atoms with Crippen LogP contribution in [0, 0.1) is 0 Å². The number of rotatable bonds is 4. The Labute approximate surface area is 165 Å². The zero-order valence-corrected chi connectivity index (χ0v) is 15.7. The first-order valence-corrected chi connectivity index (χ1v) is 9.13. The molecule has 0 saturated heterocycles. The molecule has 0 aliphatic carbocycles. The molecule has 0 saturated carbocycles. The van der Waals surface area contributed by atoms with Gasteiger partial charge >= 0.3 is 0 Å². The van der Waals surface area contributed by atoms with Gasteiger partial charge in [-0.2, -0.15) is 0 Å². The molecule has 2 aromatic carbocycles. The van der Waals surface area contributed by atoms with E-state index in [4.69, 9.17) is 4.74 Å². The summed E-state index contributed by atoms with van der Waals surface area (Å²) in [6.45, 7) is 0.415. The lowest BCUT2D eigenvalue weighted by Gasteiger charge is -2.09. The van der Waals surface area contributed by atoms with E-state index in [1.54, 1.807) is 18.0 Å². The smallest absolute Gasteiger partial charge is 0.261 e. The Morgan fingerprint density at radius 3 is 2.86 bits per heavy atom. The number of fused-ring (bicyclic) bond motifs is 2. The molecule has 5 aromatic rings. The molecule has 1 N–H and O–H groups in total. The number of aromatic nitrogens is 5. The zero-order valence-electron chi connectivity index (χ0n) is 15.7. The van der Waals surface area contributed by atoms with Gasteiger partial charge in [-0.15, -0.1) is 0 Å². The van der Waals surface area contributed by atoms with Crippen molar-refractivity contribution in [2.75, 3.05) is 7.11 Å². The number of nitrogens with zero attached hydrogens (tertiary/aromatic N) is 4. The van der Waals surface area contributed by atoms with Crippen LogP contribution in [0.3, 0.4) is 0 Å². The number of hydrogen-bond acceptors (Lipinski definition) is 5. The number of hydrogen-bond donors (Lipinski definition) is 1. The molecule has 0 aliphatic rings. The maximum absolute atomic E-state index is 13.1. The second kappa shape index (κ2) is 6.87. The summed E-state index contributed by atoms with van der Waals surface area (Å²) in [4.78, 5) is 29.3. The van der Waals surface area contributed by atoms with Crippen molar-refractivity contribution in [3.63, 3.8) is 0 Å². The van der Waals surface area contributed by atoms with E-state index in [-0.39, 0.29) is 5.56 Å². The van der Waals surface area contributed by atoms with Crippen molar-refractivity contribution in [1.82, 2.24) is 24.5 Å². The van der Waals surface area contributed by atoms with Crippen molar-refractivity contribution in [3.8, 4) is 17.0 Å². The lowest BCUT2D eigenvalue weighted by molar-refractivity contribution is 0.414. The summed E-state index contributed by atoms with van der Waals surface area (Å²) < 4.78 is 6.87. The van der Waals surface area contributed by atoms with E-state index in [0.29, 0.717) is 17.4 Å². The SMILES string of the molecule is COc1cccc(Cn2cnc3ccc(-c4ncnc5[nH]ccc45)cc3c2=O)c1. The molecule has 0 unspecified atom stereocenters. The highest BCUT2D eigenvalue weighted by Crippen LogP contribution is 2.26. The molecular formula is C22H17N5O2. The number of aromatic amines is 1. The maximum atomic E-state index is 13.1. The van der Waals surface area contributed by atoms with Gasteiger partial charge in [-0.05, 0) is 35.9 Å². The van der Waals surface area contributed by atoms with Crippen LogP contribution in [0.5, 0.6) is 5.75 Å². The van der Waals surface area contributed by atoms with E-state index in [1.165, 1.54) is 6.33 Å². The van der Waals surface area contributed by atoms with Gasteiger partial charge in [-0.1, -0.05) is 18.2 Å². The number of methoxy groups -OCH3 is 1. The molecular weight excluding hydrogens is 366 g/mol. The molecule has 0 spiro atoms. The van der Waals surface area contributed by atoms with Crippen molar-refractivity contribution in [2.24, 2.45) is 0 Å². The second-order valence-corrected chi connectivity index (χ2v) is 6.72. The maximum Gasteiger partial charge on any atom is 0.261 e. The monoisotopic (exact) mass is 383 g/mol. The Bertz CT molecular complexity index is 1400. The molecule has 5 rings (SSSR count). The summed E-state index contributed by atoms with van der Waals surface area (Å²) in [5, 5.41) is 1.46. The van der Waals surface area contributed by atoms with Gasteiger partial charge in [0, 0.05) is 17.1 Å². The minimum absolute atomic E-state index is 0.0981. The Kier molecular flexibility index (Phi) is 4.05. The normalized spacial score (nSPS) is 11.2. The van der Waals surface area contributed by atoms with Crippen LogP contribution in [0.2, 0.25) is 0 Å². The third-order valence-electron chi connectivity index (χ3n) is 4.94. The summed E-state index contributed by atoms with van der Waals surface area (Å²) in [5.74, 6) is 0.755. The fourth-order valence-corrected chi connectivity index (χ4v) is 3.49. The molecule has 3 aromatic heterocycles. The minimum Gasteiger partial charge on any atom is -0.497 e. The summed E-state index contributed by atoms with van der Waals surface area (Å²) in [6, 6.07) is 15.2. The second-order valence-electron chi connectivity index (χ2n) is 6.72. The van der Waals surface area contributed by atoms with E-state index in [0.717, 1.165) is 33.6 Å². The Morgan fingerprint density at radius 1 is 1.03 bits per heavy atom. The lowest BCUT2D eigenvalue weighted by atomic mass is 10.1. The molecule has 0 aliphatic heterocycles. The first-order chi connectivity index (χ1) is 14.2. The van der Waals surface area contributed by atoms with Crippen LogP contribution in [0.1, 0.15) is 5.56 Å². The average molecular weight is 383 g/mol. The van der Waals surface area contributed by atoms with Crippen LogP contribution in [0.4, 0.5) is 0 Å². The largest absolute Gasteiger partial charge is 0.497 e. The molecule has 3 heterocycles. The average Bonchev–Trinajstić information content (AvgIpc) is 3.25. The van der Waals surface area contributed by atoms with Gasteiger partial charge in [0.25, 0.3) is 5.56 Å². The highest BCUT2D eigenvalue weighted by molar-refractivity contribution is 5.93. The third-order valence-corrected chi connectivity index (χ3v) is 4.94. The molecule has 7 nitrogen and oxygen atoms in total. The van der Waals surface area contributed by atoms with Gasteiger partial charge in [0.15, 0.2) is 0 Å². The lowest BCUT2D eigenvalue weighted by Crippen LogP contribution is -2.21. The van der Waals surface area contributed by atoms with Gasteiger partial charge in [0.2, 0.25) is 0 Å². The molecule has 0 radical (unpaired) electrons. The van der Waals surface area contributed by atoms with Crippen LogP contribution in [0.25, 0.3) is 33.2 Å². The first kappa shape index (κ1) is 17.1. The zero-order chi connectivity index (χ0) is 19.8.